The second-order valence-electron chi connectivity index (χ2n) is 4.55. The predicted molar refractivity (Wildman–Crippen MR) is 59.3 cm³/mol. The van der Waals surface area contributed by atoms with Gasteiger partial charge in [-0.05, 0) is 5.92 Å². The molecule has 0 aromatic carbocycles. The number of ether oxygens (including phenoxy) is 2. The van der Waals surface area contributed by atoms with E-state index in [1.807, 2.05) is 13.8 Å². The Balaban J connectivity index is 2.60. The number of amides is 1. The molecule has 0 aromatic heterocycles. The summed E-state index contributed by atoms with van der Waals surface area (Å²) in [5.74, 6) is -0.300. The smallest absolute Gasteiger partial charge is 0.410 e. The van der Waals surface area contributed by atoms with Crippen LogP contribution in [0.1, 0.15) is 20.3 Å². The molecular weight excluding hydrogens is 226 g/mol. The molecule has 1 amide bonds. The van der Waals surface area contributed by atoms with Crippen molar-refractivity contribution in [1.82, 2.24) is 4.90 Å². The molecular formula is C11H19NO5. The summed E-state index contributed by atoms with van der Waals surface area (Å²) in [5.41, 5.74) is 0. The minimum atomic E-state index is -0.741. The van der Waals surface area contributed by atoms with Crippen molar-refractivity contribution < 1.29 is 24.2 Å². The predicted octanol–water partition coefficient (Wildman–Crippen LogP) is 0.387. The molecule has 0 spiro atoms. The number of aliphatic hydroxyl groups excluding tert-OH is 1. The van der Waals surface area contributed by atoms with Gasteiger partial charge in [-0.2, -0.15) is 0 Å². The van der Waals surface area contributed by atoms with E-state index in [1.165, 1.54) is 12.0 Å². The van der Waals surface area contributed by atoms with Crippen molar-refractivity contribution in [3.8, 4) is 0 Å². The minimum Gasteiger partial charge on any atom is -0.467 e. The molecule has 6 nitrogen and oxygen atoms in total. The van der Waals surface area contributed by atoms with E-state index in [4.69, 9.17) is 4.74 Å². The zero-order valence-corrected chi connectivity index (χ0v) is 10.4. The van der Waals surface area contributed by atoms with Crippen molar-refractivity contribution in [2.24, 2.45) is 5.92 Å². The van der Waals surface area contributed by atoms with Gasteiger partial charge in [0.1, 0.15) is 6.04 Å². The molecule has 0 saturated carbocycles. The van der Waals surface area contributed by atoms with Gasteiger partial charge in [0.2, 0.25) is 0 Å². The Kier molecular flexibility index (Phi) is 4.74. The number of hydrogen-bond acceptors (Lipinski definition) is 5. The van der Waals surface area contributed by atoms with Crippen LogP contribution in [0.3, 0.4) is 0 Å². The average Bonchev–Trinajstić information content (AvgIpc) is 2.67. The molecule has 6 heteroatoms. The first-order valence-electron chi connectivity index (χ1n) is 5.65. The van der Waals surface area contributed by atoms with Crippen molar-refractivity contribution in [3.05, 3.63) is 0 Å². The van der Waals surface area contributed by atoms with E-state index in [-0.39, 0.29) is 18.9 Å². The monoisotopic (exact) mass is 245 g/mol. The molecule has 1 rings (SSSR count). The van der Waals surface area contributed by atoms with Crippen LogP contribution in [-0.4, -0.2) is 54.5 Å². The average molecular weight is 245 g/mol. The highest BCUT2D eigenvalue weighted by Gasteiger charge is 2.40. The van der Waals surface area contributed by atoms with Gasteiger partial charge in [0.15, 0.2) is 0 Å². The van der Waals surface area contributed by atoms with Crippen molar-refractivity contribution in [1.29, 1.82) is 0 Å². The first-order valence-corrected chi connectivity index (χ1v) is 5.65. The van der Waals surface area contributed by atoms with Crippen LogP contribution in [-0.2, 0) is 14.3 Å². The van der Waals surface area contributed by atoms with Gasteiger partial charge in [-0.25, -0.2) is 9.59 Å². The molecule has 1 N–H and O–H groups in total. The summed E-state index contributed by atoms with van der Waals surface area (Å²) in [4.78, 5) is 24.4. The normalized spacial score (nSPS) is 23.9. The second kappa shape index (κ2) is 5.86. The maximum Gasteiger partial charge on any atom is 0.410 e. The number of rotatable bonds is 3. The van der Waals surface area contributed by atoms with Gasteiger partial charge >= 0.3 is 12.1 Å². The van der Waals surface area contributed by atoms with E-state index >= 15 is 0 Å². The molecule has 1 aliphatic rings. The molecule has 2 atom stereocenters. The lowest BCUT2D eigenvalue weighted by Crippen LogP contribution is -2.41. The fourth-order valence-corrected chi connectivity index (χ4v) is 1.70. The van der Waals surface area contributed by atoms with Gasteiger partial charge in [0, 0.05) is 6.42 Å². The van der Waals surface area contributed by atoms with Crippen LogP contribution in [0, 0.1) is 5.92 Å². The molecule has 1 fully saturated rings. The molecule has 0 aliphatic carbocycles. The maximum absolute atomic E-state index is 11.7. The van der Waals surface area contributed by atoms with E-state index < -0.39 is 24.2 Å². The van der Waals surface area contributed by atoms with E-state index in [0.29, 0.717) is 6.61 Å². The Morgan fingerprint density at radius 3 is 2.65 bits per heavy atom. The van der Waals surface area contributed by atoms with Crippen molar-refractivity contribution in [3.63, 3.8) is 0 Å². The van der Waals surface area contributed by atoms with Gasteiger partial charge in [0.25, 0.3) is 0 Å². The lowest BCUT2D eigenvalue weighted by Gasteiger charge is -2.22. The lowest BCUT2D eigenvalue weighted by atomic mass is 10.2. The van der Waals surface area contributed by atoms with Crippen LogP contribution in [0.15, 0.2) is 0 Å². The molecule has 0 unspecified atom stereocenters. The van der Waals surface area contributed by atoms with E-state index in [0.717, 1.165) is 0 Å². The summed E-state index contributed by atoms with van der Waals surface area (Å²) in [5, 5.41) is 9.48. The summed E-state index contributed by atoms with van der Waals surface area (Å²) in [6.07, 6.45) is -1.08. The number of β-amino-alcohol motifs (C(OH)–C–C–N with tert-alkyl or cyclic N) is 1. The number of likely N-dealkylation sites (tertiary alicyclic amines) is 1. The van der Waals surface area contributed by atoms with Crippen LogP contribution in [0.2, 0.25) is 0 Å². The lowest BCUT2D eigenvalue weighted by molar-refractivity contribution is -0.145. The number of carbonyl (C=O) groups excluding carboxylic acids is 2. The Morgan fingerprint density at radius 1 is 1.47 bits per heavy atom. The Labute approximate surface area is 100 Å². The van der Waals surface area contributed by atoms with E-state index in [9.17, 15) is 14.7 Å². The SMILES string of the molecule is COC(=O)[C@@H]1C[C@@H](O)CN1C(=O)OCC(C)C. The standard InChI is InChI=1S/C11H19NO5/c1-7(2)6-17-11(15)12-5-8(13)4-9(12)10(14)16-3/h7-9,13H,4-6H2,1-3H3/t8-,9+/m1/s1. The molecule has 0 aromatic rings. The molecule has 0 bridgehead atoms. The van der Waals surface area contributed by atoms with E-state index in [2.05, 4.69) is 4.74 Å². The molecule has 17 heavy (non-hydrogen) atoms. The quantitative estimate of drug-likeness (QED) is 0.728. The zero-order valence-electron chi connectivity index (χ0n) is 10.4. The number of carbonyl (C=O) groups is 2. The number of hydrogen-bond donors (Lipinski definition) is 1. The Hall–Kier alpha value is -1.30. The summed E-state index contributed by atoms with van der Waals surface area (Å²) in [6.45, 7) is 4.24. The maximum atomic E-state index is 11.7. The summed E-state index contributed by atoms with van der Waals surface area (Å²) in [6, 6.07) is -0.741. The van der Waals surface area contributed by atoms with Gasteiger partial charge < -0.3 is 14.6 Å². The highest BCUT2D eigenvalue weighted by Crippen LogP contribution is 2.20. The summed E-state index contributed by atoms with van der Waals surface area (Å²) >= 11 is 0. The van der Waals surface area contributed by atoms with Gasteiger partial charge in [0.05, 0.1) is 26.4 Å². The highest BCUT2D eigenvalue weighted by atomic mass is 16.6. The summed E-state index contributed by atoms with van der Waals surface area (Å²) in [7, 11) is 1.25. The van der Waals surface area contributed by atoms with E-state index in [1.54, 1.807) is 0 Å². The largest absolute Gasteiger partial charge is 0.467 e. The second-order valence-corrected chi connectivity index (χ2v) is 4.55. The van der Waals surface area contributed by atoms with Crippen molar-refractivity contribution in [2.45, 2.75) is 32.4 Å². The first kappa shape index (κ1) is 13.8. The summed E-state index contributed by atoms with van der Waals surface area (Å²) < 4.78 is 9.62. The van der Waals surface area contributed by atoms with Gasteiger partial charge in [-0.15, -0.1) is 0 Å². The van der Waals surface area contributed by atoms with Crippen LogP contribution >= 0.6 is 0 Å². The molecule has 98 valence electrons. The number of aliphatic hydroxyl groups is 1. The number of esters is 1. The topological polar surface area (TPSA) is 76.1 Å². The van der Waals surface area contributed by atoms with Gasteiger partial charge in [-0.1, -0.05) is 13.8 Å². The van der Waals surface area contributed by atoms with Gasteiger partial charge in [-0.3, -0.25) is 4.90 Å². The third-order valence-corrected chi connectivity index (χ3v) is 2.53. The third-order valence-electron chi connectivity index (χ3n) is 2.53. The fraction of sp³-hybridized carbons (Fsp3) is 0.818. The first-order chi connectivity index (χ1) is 7.95. The molecule has 1 heterocycles. The van der Waals surface area contributed by atoms with Crippen LogP contribution < -0.4 is 0 Å². The number of nitrogens with zero attached hydrogens (tertiary/aromatic N) is 1. The molecule has 1 aliphatic heterocycles. The Bertz CT molecular complexity index is 292. The van der Waals surface area contributed by atoms with Crippen LogP contribution in [0.5, 0.6) is 0 Å². The minimum absolute atomic E-state index is 0.108. The third kappa shape index (κ3) is 3.59. The van der Waals surface area contributed by atoms with Crippen molar-refractivity contribution in [2.75, 3.05) is 20.3 Å². The van der Waals surface area contributed by atoms with Crippen LogP contribution in [0.4, 0.5) is 4.79 Å². The molecule has 0 radical (unpaired) electrons. The number of methoxy groups -OCH3 is 1. The molecule has 1 saturated heterocycles. The fourth-order valence-electron chi connectivity index (χ4n) is 1.70. The van der Waals surface area contributed by atoms with Crippen molar-refractivity contribution >= 4 is 12.1 Å². The zero-order chi connectivity index (χ0) is 13.0. The van der Waals surface area contributed by atoms with Crippen LogP contribution in [0.25, 0.3) is 0 Å². The Morgan fingerprint density at radius 2 is 2.12 bits per heavy atom. The highest BCUT2D eigenvalue weighted by molar-refractivity contribution is 5.82.